The summed E-state index contributed by atoms with van der Waals surface area (Å²) in [6, 6.07) is 3.25. The Labute approximate surface area is 120 Å². The molecular formula is C14H17F3N2O2. The van der Waals surface area contributed by atoms with Crippen molar-refractivity contribution in [2.24, 2.45) is 5.73 Å². The van der Waals surface area contributed by atoms with Gasteiger partial charge in [0.15, 0.2) is 0 Å². The molecule has 2 rings (SSSR count). The largest absolute Gasteiger partial charge is 0.416 e. The van der Waals surface area contributed by atoms with Crippen molar-refractivity contribution in [3.63, 3.8) is 0 Å². The number of ether oxygens (including phenoxy) is 1. The van der Waals surface area contributed by atoms with Crippen LogP contribution in [0.25, 0.3) is 0 Å². The quantitative estimate of drug-likeness (QED) is 0.901. The van der Waals surface area contributed by atoms with Gasteiger partial charge >= 0.3 is 6.18 Å². The van der Waals surface area contributed by atoms with Crippen LogP contribution in [-0.2, 0) is 15.7 Å². The van der Waals surface area contributed by atoms with Crippen molar-refractivity contribution in [2.45, 2.75) is 38.1 Å². The number of aryl methyl sites for hydroxylation is 1. The molecule has 0 aromatic heterocycles. The average Bonchev–Trinajstić information content (AvgIpc) is 2.88. The second kappa shape index (κ2) is 6.03. The number of alkyl halides is 3. The molecule has 1 fully saturated rings. The van der Waals surface area contributed by atoms with Crippen molar-refractivity contribution in [1.29, 1.82) is 0 Å². The lowest BCUT2D eigenvalue weighted by atomic mass is 10.1. The van der Waals surface area contributed by atoms with Gasteiger partial charge in [-0.2, -0.15) is 13.2 Å². The van der Waals surface area contributed by atoms with Gasteiger partial charge in [-0.15, -0.1) is 0 Å². The van der Waals surface area contributed by atoms with Crippen LogP contribution in [0.4, 0.5) is 18.9 Å². The van der Waals surface area contributed by atoms with Gasteiger partial charge in [-0.25, -0.2) is 0 Å². The van der Waals surface area contributed by atoms with E-state index in [2.05, 4.69) is 5.32 Å². The normalized spacial score (nSPS) is 22.3. The van der Waals surface area contributed by atoms with E-state index in [9.17, 15) is 18.0 Å². The maximum atomic E-state index is 12.7. The van der Waals surface area contributed by atoms with Crippen molar-refractivity contribution < 1.29 is 22.7 Å². The molecule has 116 valence electrons. The molecular weight excluding hydrogens is 285 g/mol. The SMILES string of the molecule is Cc1ccc(C(F)(F)F)cc1NC(=O)[C@@H]1CC[C@H](CN)O1. The molecule has 21 heavy (non-hydrogen) atoms. The van der Waals surface area contributed by atoms with E-state index in [0.717, 1.165) is 12.1 Å². The first-order valence-corrected chi connectivity index (χ1v) is 6.65. The van der Waals surface area contributed by atoms with Crippen LogP contribution in [0.15, 0.2) is 18.2 Å². The van der Waals surface area contributed by atoms with Gasteiger partial charge < -0.3 is 15.8 Å². The molecule has 1 saturated heterocycles. The summed E-state index contributed by atoms with van der Waals surface area (Å²) >= 11 is 0. The van der Waals surface area contributed by atoms with Crippen LogP contribution in [0, 0.1) is 6.92 Å². The Hall–Kier alpha value is -1.60. The zero-order chi connectivity index (χ0) is 15.6. The number of halogens is 3. The van der Waals surface area contributed by atoms with Crippen LogP contribution < -0.4 is 11.1 Å². The molecule has 1 aromatic carbocycles. The van der Waals surface area contributed by atoms with Crippen LogP contribution in [0.5, 0.6) is 0 Å². The number of nitrogens with two attached hydrogens (primary N) is 1. The van der Waals surface area contributed by atoms with Gasteiger partial charge in [0.05, 0.1) is 11.7 Å². The lowest BCUT2D eigenvalue weighted by molar-refractivity contribution is -0.137. The van der Waals surface area contributed by atoms with E-state index in [-0.39, 0.29) is 11.8 Å². The highest BCUT2D eigenvalue weighted by Crippen LogP contribution is 2.32. The first-order valence-electron chi connectivity index (χ1n) is 6.65. The smallest absolute Gasteiger partial charge is 0.364 e. The van der Waals surface area contributed by atoms with Crippen LogP contribution in [0.1, 0.15) is 24.0 Å². The average molecular weight is 302 g/mol. The fourth-order valence-corrected chi connectivity index (χ4v) is 2.22. The minimum Gasteiger partial charge on any atom is -0.364 e. The Morgan fingerprint density at radius 2 is 2.14 bits per heavy atom. The molecule has 0 unspecified atom stereocenters. The molecule has 4 nitrogen and oxygen atoms in total. The number of hydrogen-bond acceptors (Lipinski definition) is 3. The third-order valence-corrected chi connectivity index (χ3v) is 3.49. The Morgan fingerprint density at radius 3 is 2.71 bits per heavy atom. The summed E-state index contributed by atoms with van der Waals surface area (Å²) in [7, 11) is 0. The predicted molar refractivity (Wildman–Crippen MR) is 71.8 cm³/mol. The van der Waals surface area contributed by atoms with Crippen LogP contribution in [0.3, 0.4) is 0 Å². The van der Waals surface area contributed by atoms with Crippen LogP contribution in [0.2, 0.25) is 0 Å². The van der Waals surface area contributed by atoms with Gasteiger partial charge in [0.25, 0.3) is 5.91 Å². The van der Waals surface area contributed by atoms with Gasteiger partial charge in [0.2, 0.25) is 0 Å². The minimum atomic E-state index is -4.44. The van der Waals surface area contributed by atoms with Crippen molar-refractivity contribution in [3.8, 4) is 0 Å². The van der Waals surface area contributed by atoms with Gasteiger partial charge in [0.1, 0.15) is 6.10 Å². The highest BCUT2D eigenvalue weighted by Gasteiger charge is 2.32. The molecule has 0 saturated carbocycles. The van der Waals surface area contributed by atoms with E-state index in [1.165, 1.54) is 6.07 Å². The Balaban J connectivity index is 2.10. The van der Waals surface area contributed by atoms with Crippen molar-refractivity contribution in [2.75, 3.05) is 11.9 Å². The second-order valence-electron chi connectivity index (χ2n) is 5.08. The molecule has 1 heterocycles. The Bertz CT molecular complexity index is 531. The van der Waals surface area contributed by atoms with E-state index in [1.807, 2.05) is 0 Å². The molecule has 0 radical (unpaired) electrons. The van der Waals surface area contributed by atoms with Crippen molar-refractivity contribution in [1.82, 2.24) is 0 Å². The number of carbonyl (C=O) groups is 1. The molecule has 7 heteroatoms. The molecule has 1 amide bonds. The maximum Gasteiger partial charge on any atom is 0.416 e. The molecule has 1 aromatic rings. The van der Waals surface area contributed by atoms with Gasteiger partial charge in [-0.1, -0.05) is 6.07 Å². The highest BCUT2D eigenvalue weighted by molar-refractivity contribution is 5.95. The first kappa shape index (κ1) is 15.8. The maximum absolute atomic E-state index is 12.7. The highest BCUT2D eigenvalue weighted by atomic mass is 19.4. The third-order valence-electron chi connectivity index (χ3n) is 3.49. The number of amides is 1. The summed E-state index contributed by atoms with van der Waals surface area (Å²) in [5.41, 5.74) is 5.37. The van der Waals surface area contributed by atoms with Gasteiger partial charge in [0, 0.05) is 12.2 Å². The van der Waals surface area contributed by atoms with E-state index in [0.29, 0.717) is 24.9 Å². The lowest BCUT2D eigenvalue weighted by Gasteiger charge is -2.15. The van der Waals surface area contributed by atoms with E-state index in [1.54, 1.807) is 6.92 Å². The summed E-state index contributed by atoms with van der Waals surface area (Å²) in [4.78, 5) is 12.0. The summed E-state index contributed by atoms with van der Waals surface area (Å²) in [6.45, 7) is 1.96. The monoisotopic (exact) mass is 302 g/mol. The Kier molecular flexibility index (Phi) is 4.53. The van der Waals surface area contributed by atoms with Crippen LogP contribution >= 0.6 is 0 Å². The molecule has 3 N–H and O–H groups in total. The topological polar surface area (TPSA) is 64.4 Å². The standard InChI is InChI=1S/C14H17F3N2O2/c1-8-2-3-9(14(15,16)17)6-11(8)19-13(20)12-5-4-10(7-18)21-12/h2-3,6,10,12H,4-5,7,18H2,1H3,(H,19,20)/t10-,12+/m1/s1. The van der Waals surface area contributed by atoms with Gasteiger partial charge in [-0.05, 0) is 37.5 Å². The predicted octanol–water partition coefficient (Wildman–Crippen LogP) is 2.46. The number of hydrogen-bond donors (Lipinski definition) is 2. The molecule has 2 atom stereocenters. The first-order chi connectivity index (χ1) is 9.81. The number of nitrogens with one attached hydrogen (secondary N) is 1. The summed E-state index contributed by atoms with van der Waals surface area (Å²) < 4.78 is 43.5. The summed E-state index contributed by atoms with van der Waals surface area (Å²) in [6.07, 6.45) is -4.07. The summed E-state index contributed by atoms with van der Waals surface area (Å²) in [5.74, 6) is -0.437. The number of rotatable bonds is 3. The van der Waals surface area contributed by atoms with Crippen molar-refractivity contribution in [3.05, 3.63) is 29.3 Å². The minimum absolute atomic E-state index is 0.148. The Morgan fingerprint density at radius 1 is 1.43 bits per heavy atom. The zero-order valence-electron chi connectivity index (χ0n) is 11.5. The van der Waals surface area contributed by atoms with E-state index in [4.69, 9.17) is 10.5 Å². The lowest BCUT2D eigenvalue weighted by Crippen LogP contribution is -2.30. The number of carbonyl (C=O) groups excluding carboxylic acids is 1. The zero-order valence-corrected chi connectivity index (χ0v) is 11.5. The van der Waals surface area contributed by atoms with E-state index >= 15 is 0 Å². The number of benzene rings is 1. The summed E-state index contributed by atoms with van der Waals surface area (Å²) in [5, 5.41) is 2.50. The van der Waals surface area contributed by atoms with Crippen LogP contribution in [-0.4, -0.2) is 24.7 Å². The second-order valence-corrected chi connectivity index (χ2v) is 5.08. The molecule has 0 spiro atoms. The third kappa shape index (κ3) is 3.74. The fourth-order valence-electron chi connectivity index (χ4n) is 2.22. The molecule has 1 aliphatic rings. The fraction of sp³-hybridized carbons (Fsp3) is 0.500. The molecule has 0 aliphatic carbocycles. The number of anilines is 1. The van der Waals surface area contributed by atoms with Gasteiger partial charge in [-0.3, -0.25) is 4.79 Å². The molecule has 0 bridgehead atoms. The van der Waals surface area contributed by atoms with E-state index < -0.39 is 23.8 Å². The molecule has 1 aliphatic heterocycles. The van der Waals surface area contributed by atoms with Crippen molar-refractivity contribution >= 4 is 11.6 Å².